The van der Waals surface area contributed by atoms with Crippen LogP contribution in [0.4, 0.5) is 4.39 Å². The molecular formula is C17H22FN3O3. The molecule has 2 aromatic rings. The molecule has 2 amide bonds. The van der Waals surface area contributed by atoms with E-state index in [-0.39, 0.29) is 17.6 Å². The molecule has 6 nitrogen and oxygen atoms in total. The van der Waals surface area contributed by atoms with Crippen molar-refractivity contribution < 1.29 is 18.7 Å². The number of hydrogen-bond acceptors (Lipinski definition) is 3. The van der Waals surface area contributed by atoms with Gasteiger partial charge in [0.2, 0.25) is 5.91 Å². The second kappa shape index (κ2) is 7.81. The minimum absolute atomic E-state index is 0.0255. The molecule has 24 heavy (non-hydrogen) atoms. The van der Waals surface area contributed by atoms with Crippen LogP contribution >= 0.6 is 0 Å². The summed E-state index contributed by atoms with van der Waals surface area (Å²) < 4.78 is 18.9. The molecule has 0 saturated heterocycles. The number of fused-ring (bicyclic) bond motifs is 1. The maximum atomic E-state index is 13.9. The minimum Gasteiger partial charge on any atom is -0.494 e. The molecule has 0 unspecified atom stereocenters. The van der Waals surface area contributed by atoms with Gasteiger partial charge in [-0.25, -0.2) is 4.39 Å². The Morgan fingerprint density at radius 1 is 1.33 bits per heavy atom. The van der Waals surface area contributed by atoms with E-state index < -0.39 is 5.82 Å². The molecule has 1 heterocycles. The topological polar surface area (TPSA) is 83.2 Å². The lowest BCUT2D eigenvalue weighted by atomic mass is 10.1. The van der Waals surface area contributed by atoms with Gasteiger partial charge in [-0.3, -0.25) is 9.59 Å². The Morgan fingerprint density at radius 2 is 2.08 bits per heavy atom. The Bertz CT molecular complexity index is 755. The molecule has 0 aliphatic carbocycles. The second-order valence-electron chi connectivity index (χ2n) is 5.44. The number of aromatic nitrogens is 1. The lowest BCUT2D eigenvalue weighted by molar-refractivity contribution is -0.121. The second-order valence-corrected chi connectivity index (χ2v) is 5.44. The highest BCUT2D eigenvalue weighted by atomic mass is 19.1. The molecule has 2 rings (SSSR count). The van der Waals surface area contributed by atoms with E-state index in [1.165, 1.54) is 20.2 Å². The normalized spacial score (nSPS) is 10.7. The molecule has 0 aliphatic rings. The first-order valence-electron chi connectivity index (χ1n) is 7.88. The number of nitrogens with one attached hydrogen (secondary N) is 3. The number of aromatic amines is 1. The van der Waals surface area contributed by atoms with E-state index in [0.29, 0.717) is 36.0 Å². The number of carbonyl (C=O) groups excluding carboxylic acids is 2. The highest BCUT2D eigenvalue weighted by molar-refractivity contribution is 6.01. The molecule has 1 aromatic heterocycles. The summed E-state index contributed by atoms with van der Waals surface area (Å²) in [5.41, 5.74) is 1.60. The van der Waals surface area contributed by atoms with Crippen molar-refractivity contribution in [3.05, 3.63) is 29.2 Å². The Hall–Kier alpha value is -2.57. The molecule has 0 atom stereocenters. The van der Waals surface area contributed by atoms with Gasteiger partial charge >= 0.3 is 0 Å². The van der Waals surface area contributed by atoms with Gasteiger partial charge < -0.3 is 20.4 Å². The van der Waals surface area contributed by atoms with Gasteiger partial charge in [0.25, 0.3) is 5.91 Å². The van der Waals surface area contributed by atoms with Crippen LogP contribution in [0.2, 0.25) is 0 Å². The maximum Gasteiger partial charge on any atom is 0.267 e. The van der Waals surface area contributed by atoms with Crippen LogP contribution in [0.1, 0.15) is 35.8 Å². The molecule has 3 N–H and O–H groups in total. The van der Waals surface area contributed by atoms with E-state index in [1.54, 1.807) is 6.07 Å². The summed E-state index contributed by atoms with van der Waals surface area (Å²) in [6.45, 7) is 2.33. The fourth-order valence-corrected chi connectivity index (χ4v) is 2.63. The summed E-state index contributed by atoms with van der Waals surface area (Å²) in [4.78, 5) is 26.6. The van der Waals surface area contributed by atoms with Crippen molar-refractivity contribution in [2.45, 2.75) is 26.2 Å². The Morgan fingerprint density at radius 3 is 2.71 bits per heavy atom. The van der Waals surface area contributed by atoms with Crippen LogP contribution in [0.15, 0.2) is 12.1 Å². The number of H-pyrrole nitrogens is 1. The SMILES string of the molecule is CCCC(=O)NCCc1c(C(=O)NC)[nH]c2cc(F)c(OC)cc12. The average molecular weight is 335 g/mol. The van der Waals surface area contributed by atoms with Gasteiger partial charge in [-0.1, -0.05) is 6.92 Å². The predicted octanol–water partition coefficient (Wildman–Crippen LogP) is 2.13. The zero-order chi connectivity index (χ0) is 17.7. The van der Waals surface area contributed by atoms with E-state index in [1.807, 2.05) is 6.92 Å². The van der Waals surface area contributed by atoms with Gasteiger partial charge in [-0.05, 0) is 24.5 Å². The van der Waals surface area contributed by atoms with Gasteiger partial charge in [0.15, 0.2) is 11.6 Å². The van der Waals surface area contributed by atoms with E-state index in [2.05, 4.69) is 15.6 Å². The molecule has 0 radical (unpaired) electrons. The number of ether oxygens (including phenoxy) is 1. The first kappa shape index (κ1) is 17.8. The third-order valence-corrected chi connectivity index (χ3v) is 3.81. The smallest absolute Gasteiger partial charge is 0.267 e. The fourth-order valence-electron chi connectivity index (χ4n) is 2.63. The third kappa shape index (κ3) is 3.67. The first-order valence-corrected chi connectivity index (χ1v) is 7.88. The van der Waals surface area contributed by atoms with Crippen LogP contribution < -0.4 is 15.4 Å². The zero-order valence-electron chi connectivity index (χ0n) is 14.1. The van der Waals surface area contributed by atoms with Gasteiger partial charge in [-0.15, -0.1) is 0 Å². The minimum atomic E-state index is -0.502. The standard InChI is InChI=1S/C17H22FN3O3/c1-4-5-15(22)20-7-6-10-11-8-14(24-3)12(18)9-13(11)21-16(10)17(23)19-2/h8-9,21H,4-7H2,1-3H3,(H,19,23)(H,20,22). The molecule has 7 heteroatoms. The van der Waals surface area contributed by atoms with Crippen LogP contribution in [0.3, 0.4) is 0 Å². The van der Waals surface area contributed by atoms with Crippen molar-refractivity contribution >= 4 is 22.7 Å². The summed E-state index contributed by atoms with van der Waals surface area (Å²) in [6, 6.07) is 2.87. The van der Waals surface area contributed by atoms with Crippen LogP contribution in [0.25, 0.3) is 10.9 Å². The fraction of sp³-hybridized carbons (Fsp3) is 0.412. The Kier molecular flexibility index (Phi) is 5.78. The molecule has 0 bridgehead atoms. The monoisotopic (exact) mass is 335 g/mol. The molecule has 130 valence electrons. The number of methoxy groups -OCH3 is 1. The zero-order valence-corrected chi connectivity index (χ0v) is 14.1. The van der Waals surface area contributed by atoms with Gasteiger partial charge in [0, 0.05) is 37.0 Å². The highest BCUT2D eigenvalue weighted by Gasteiger charge is 2.19. The number of hydrogen-bond donors (Lipinski definition) is 3. The molecular weight excluding hydrogens is 313 g/mol. The van der Waals surface area contributed by atoms with Crippen LogP contribution in [-0.4, -0.2) is 37.5 Å². The Balaban J connectivity index is 2.36. The van der Waals surface area contributed by atoms with Crippen LogP contribution in [0.5, 0.6) is 5.75 Å². The third-order valence-electron chi connectivity index (χ3n) is 3.81. The number of benzene rings is 1. The summed E-state index contributed by atoms with van der Waals surface area (Å²) in [5.74, 6) is -0.707. The van der Waals surface area contributed by atoms with Crippen molar-refractivity contribution in [3.63, 3.8) is 0 Å². The number of halogens is 1. The van der Waals surface area contributed by atoms with Crippen LogP contribution in [0, 0.1) is 5.82 Å². The Labute approximate surface area is 139 Å². The lowest BCUT2D eigenvalue weighted by Gasteiger charge is -2.07. The summed E-state index contributed by atoms with van der Waals surface area (Å²) in [7, 11) is 2.92. The average Bonchev–Trinajstić information content (AvgIpc) is 2.91. The van der Waals surface area contributed by atoms with E-state index in [4.69, 9.17) is 4.74 Å². The first-order chi connectivity index (χ1) is 11.5. The van der Waals surface area contributed by atoms with Crippen molar-refractivity contribution in [1.82, 2.24) is 15.6 Å². The van der Waals surface area contributed by atoms with Gasteiger partial charge in [-0.2, -0.15) is 0 Å². The van der Waals surface area contributed by atoms with E-state index in [0.717, 1.165) is 12.0 Å². The lowest BCUT2D eigenvalue weighted by Crippen LogP contribution is -2.26. The van der Waals surface area contributed by atoms with Crippen molar-refractivity contribution in [2.75, 3.05) is 20.7 Å². The largest absolute Gasteiger partial charge is 0.494 e. The van der Waals surface area contributed by atoms with Crippen molar-refractivity contribution in [2.24, 2.45) is 0 Å². The van der Waals surface area contributed by atoms with E-state index in [9.17, 15) is 14.0 Å². The molecule has 0 saturated carbocycles. The molecule has 1 aromatic carbocycles. The summed E-state index contributed by atoms with van der Waals surface area (Å²) >= 11 is 0. The maximum absolute atomic E-state index is 13.9. The van der Waals surface area contributed by atoms with Crippen molar-refractivity contribution in [3.8, 4) is 5.75 Å². The number of carbonyl (C=O) groups is 2. The predicted molar refractivity (Wildman–Crippen MR) is 89.8 cm³/mol. The van der Waals surface area contributed by atoms with Crippen LogP contribution in [-0.2, 0) is 11.2 Å². The number of rotatable bonds is 7. The molecule has 0 aliphatic heterocycles. The molecule has 0 spiro atoms. The quantitative estimate of drug-likeness (QED) is 0.725. The van der Waals surface area contributed by atoms with E-state index >= 15 is 0 Å². The van der Waals surface area contributed by atoms with Gasteiger partial charge in [0.05, 0.1) is 7.11 Å². The highest BCUT2D eigenvalue weighted by Crippen LogP contribution is 2.29. The molecule has 0 fully saturated rings. The number of amides is 2. The van der Waals surface area contributed by atoms with Gasteiger partial charge in [0.1, 0.15) is 5.69 Å². The summed E-state index contributed by atoms with van der Waals surface area (Å²) in [5, 5.41) is 6.09. The van der Waals surface area contributed by atoms with Crippen molar-refractivity contribution in [1.29, 1.82) is 0 Å². The summed E-state index contributed by atoms with van der Waals surface area (Å²) in [6.07, 6.45) is 1.70.